The predicted octanol–water partition coefficient (Wildman–Crippen LogP) is 1.94. The van der Waals surface area contributed by atoms with Crippen LogP contribution in [-0.2, 0) is 4.79 Å². The predicted molar refractivity (Wildman–Crippen MR) is 75.2 cm³/mol. The first-order chi connectivity index (χ1) is 9.21. The van der Waals surface area contributed by atoms with Crippen LogP contribution in [0.25, 0.3) is 0 Å². The van der Waals surface area contributed by atoms with Crippen molar-refractivity contribution in [3.05, 3.63) is 30.1 Å². The quantitative estimate of drug-likeness (QED) is 0.785. The second-order valence-electron chi connectivity index (χ2n) is 5.73. The van der Waals surface area contributed by atoms with Crippen molar-refractivity contribution in [3.8, 4) is 0 Å². The van der Waals surface area contributed by atoms with E-state index in [2.05, 4.69) is 15.6 Å². The molecule has 1 aromatic rings. The number of carbonyl (C=O) groups excluding carboxylic acids is 1. The third-order valence-corrected chi connectivity index (χ3v) is 2.87. The van der Waals surface area contributed by atoms with Gasteiger partial charge >= 0.3 is 12.0 Å². The molecule has 110 valence electrons. The molecule has 0 aromatic carbocycles. The SMILES string of the molecule is CC(NC(=O)N[C@H](C(=O)O)C(C)(C)C)c1ccccn1. The second kappa shape index (κ2) is 6.36. The van der Waals surface area contributed by atoms with E-state index in [1.54, 1.807) is 46.0 Å². The molecule has 0 saturated heterocycles. The summed E-state index contributed by atoms with van der Waals surface area (Å²) in [6, 6.07) is 3.63. The number of aliphatic carboxylic acids is 1. The highest BCUT2D eigenvalue weighted by molar-refractivity contribution is 5.83. The number of carboxylic acid groups (broad SMARTS) is 1. The molecule has 1 rings (SSSR count). The van der Waals surface area contributed by atoms with Crippen molar-refractivity contribution in [3.63, 3.8) is 0 Å². The number of aromatic nitrogens is 1. The first-order valence-electron chi connectivity index (χ1n) is 6.42. The van der Waals surface area contributed by atoms with Gasteiger partial charge in [0.2, 0.25) is 0 Å². The van der Waals surface area contributed by atoms with Gasteiger partial charge in [0.05, 0.1) is 11.7 Å². The minimum Gasteiger partial charge on any atom is -0.480 e. The zero-order valence-corrected chi connectivity index (χ0v) is 12.2. The van der Waals surface area contributed by atoms with Crippen LogP contribution in [0.5, 0.6) is 0 Å². The zero-order chi connectivity index (χ0) is 15.3. The minimum absolute atomic E-state index is 0.300. The topological polar surface area (TPSA) is 91.3 Å². The standard InChI is InChI=1S/C14H21N3O3/c1-9(10-7-5-6-8-15-10)16-13(20)17-11(12(18)19)14(2,3)4/h5-9,11H,1-4H3,(H,18,19)(H2,16,17,20)/t9?,11-/m1/s1. The summed E-state index contributed by atoms with van der Waals surface area (Å²) < 4.78 is 0. The Morgan fingerprint density at radius 2 is 1.90 bits per heavy atom. The van der Waals surface area contributed by atoms with Crippen LogP contribution in [0.4, 0.5) is 4.79 Å². The molecule has 2 amide bonds. The van der Waals surface area contributed by atoms with Crippen molar-refractivity contribution in [2.24, 2.45) is 5.41 Å². The summed E-state index contributed by atoms with van der Waals surface area (Å²) in [5.74, 6) is -1.06. The van der Waals surface area contributed by atoms with E-state index in [-0.39, 0.29) is 6.04 Å². The highest BCUT2D eigenvalue weighted by atomic mass is 16.4. The smallest absolute Gasteiger partial charge is 0.326 e. The van der Waals surface area contributed by atoms with Crippen LogP contribution in [0.2, 0.25) is 0 Å². The van der Waals surface area contributed by atoms with Crippen molar-refractivity contribution in [2.75, 3.05) is 0 Å². The van der Waals surface area contributed by atoms with Crippen LogP contribution in [0.15, 0.2) is 24.4 Å². The van der Waals surface area contributed by atoms with Crippen LogP contribution < -0.4 is 10.6 Å². The van der Waals surface area contributed by atoms with Crippen molar-refractivity contribution in [1.82, 2.24) is 15.6 Å². The molecule has 0 saturated carbocycles. The summed E-state index contributed by atoms with van der Waals surface area (Å²) >= 11 is 0. The maximum atomic E-state index is 11.9. The van der Waals surface area contributed by atoms with Crippen LogP contribution >= 0.6 is 0 Å². The molecule has 0 radical (unpaired) electrons. The summed E-state index contributed by atoms with van der Waals surface area (Å²) in [6.07, 6.45) is 1.64. The van der Waals surface area contributed by atoms with Gasteiger partial charge in [-0.25, -0.2) is 9.59 Å². The van der Waals surface area contributed by atoms with Gasteiger partial charge in [0.25, 0.3) is 0 Å². The van der Waals surface area contributed by atoms with E-state index in [0.717, 1.165) is 0 Å². The lowest BCUT2D eigenvalue weighted by Gasteiger charge is -2.28. The van der Waals surface area contributed by atoms with Crippen molar-refractivity contribution >= 4 is 12.0 Å². The van der Waals surface area contributed by atoms with Gasteiger partial charge in [-0.2, -0.15) is 0 Å². The van der Waals surface area contributed by atoms with E-state index in [1.807, 2.05) is 6.07 Å². The monoisotopic (exact) mass is 279 g/mol. The third-order valence-electron chi connectivity index (χ3n) is 2.87. The number of rotatable bonds is 4. The number of hydrogen-bond acceptors (Lipinski definition) is 3. The first kappa shape index (κ1) is 15.9. The van der Waals surface area contributed by atoms with E-state index < -0.39 is 23.5 Å². The molecule has 0 aliphatic rings. The van der Waals surface area contributed by atoms with E-state index >= 15 is 0 Å². The number of pyridine rings is 1. The lowest BCUT2D eigenvalue weighted by molar-refractivity contribution is -0.141. The molecule has 0 spiro atoms. The second-order valence-corrected chi connectivity index (χ2v) is 5.73. The Bertz CT molecular complexity index is 468. The summed E-state index contributed by atoms with van der Waals surface area (Å²) in [5.41, 5.74) is 0.141. The molecule has 0 aliphatic heterocycles. The van der Waals surface area contributed by atoms with Gasteiger partial charge in [-0.1, -0.05) is 26.8 Å². The molecule has 3 N–H and O–H groups in total. The summed E-state index contributed by atoms with van der Waals surface area (Å²) in [7, 11) is 0. The highest BCUT2D eigenvalue weighted by Crippen LogP contribution is 2.19. The molecule has 0 fully saturated rings. The van der Waals surface area contributed by atoms with E-state index in [1.165, 1.54) is 0 Å². The Morgan fingerprint density at radius 1 is 1.25 bits per heavy atom. The molecule has 6 heteroatoms. The fourth-order valence-electron chi connectivity index (χ4n) is 1.72. The van der Waals surface area contributed by atoms with Crippen molar-refractivity contribution in [2.45, 2.75) is 39.8 Å². The molecule has 1 aromatic heterocycles. The van der Waals surface area contributed by atoms with Crippen LogP contribution in [0.1, 0.15) is 39.4 Å². The lowest BCUT2D eigenvalue weighted by atomic mass is 9.87. The number of carbonyl (C=O) groups is 2. The van der Waals surface area contributed by atoms with E-state index in [4.69, 9.17) is 5.11 Å². The zero-order valence-electron chi connectivity index (χ0n) is 12.2. The average molecular weight is 279 g/mol. The summed E-state index contributed by atoms with van der Waals surface area (Å²) in [6.45, 7) is 7.06. The number of nitrogens with zero attached hydrogens (tertiary/aromatic N) is 1. The molecule has 0 bridgehead atoms. The van der Waals surface area contributed by atoms with Gasteiger partial charge in [-0.3, -0.25) is 4.98 Å². The van der Waals surface area contributed by atoms with Gasteiger partial charge < -0.3 is 15.7 Å². The molecular formula is C14H21N3O3. The Kier molecular flexibility index (Phi) is 5.07. The van der Waals surface area contributed by atoms with Gasteiger partial charge in [0.15, 0.2) is 0 Å². The number of carboxylic acids is 1. The summed E-state index contributed by atoms with van der Waals surface area (Å²) in [5, 5.41) is 14.3. The summed E-state index contributed by atoms with van der Waals surface area (Å²) in [4.78, 5) is 27.2. The molecule has 0 aliphatic carbocycles. The van der Waals surface area contributed by atoms with Crippen molar-refractivity contribution in [1.29, 1.82) is 0 Å². The minimum atomic E-state index is -1.06. The Labute approximate surface area is 118 Å². The van der Waals surface area contributed by atoms with E-state index in [9.17, 15) is 9.59 Å². The number of hydrogen-bond donors (Lipinski definition) is 3. The molecule has 6 nitrogen and oxygen atoms in total. The van der Waals surface area contributed by atoms with E-state index in [0.29, 0.717) is 5.69 Å². The molecule has 2 atom stereocenters. The fraction of sp³-hybridized carbons (Fsp3) is 0.500. The largest absolute Gasteiger partial charge is 0.480 e. The molecule has 20 heavy (non-hydrogen) atoms. The van der Waals surface area contributed by atoms with Crippen LogP contribution in [-0.4, -0.2) is 28.1 Å². The van der Waals surface area contributed by atoms with Gasteiger partial charge in [-0.15, -0.1) is 0 Å². The third kappa shape index (κ3) is 4.53. The fourth-order valence-corrected chi connectivity index (χ4v) is 1.72. The number of urea groups is 1. The Morgan fingerprint density at radius 3 is 2.35 bits per heavy atom. The molecule has 1 heterocycles. The average Bonchev–Trinajstić information content (AvgIpc) is 2.35. The number of nitrogens with one attached hydrogen (secondary N) is 2. The van der Waals surface area contributed by atoms with Crippen LogP contribution in [0.3, 0.4) is 0 Å². The lowest BCUT2D eigenvalue weighted by Crippen LogP contribution is -2.52. The number of amides is 2. The maximum absolute atomic E-state index is 11.9. The normalized spacial score (nSPS) is 14.2. The maximum Gasteiger partial charge on any atom is 0.326 e. The molecular weight excluding hydrogens is 258 g/mol. The Hall–Kier alpha value is -2.11. The van der Waals surface area contributed by atoms with Crippen molar-refractivity contribution < 1.29 is 14.7 Å². The Balaban J connectivity index is 2.65. The van der Waals surface area contributed by atoms with Gasteiger partial charge in [0.1, 0.15) is 6.04 Å². The first-order valence-corrected chi connectivity index (χ1v) is 6.42. The van der Waals surface area contributed by atoms with Gasteiger partial charge in [-0.05, 0) is 24.5 Å². The highest BCUT2D eigenvalue weighted by Gasteiger charge is 2.32. The van der Waals surface area contributed by atoms with Crippen LogP contribution in [0, 0.1) is 5.41 Å². The van der Waals surface area contributed by atoms with Gasteiger partial charge in [0, 0.05) is 6.20 Å². The molecule has 1 unspecified atom stereocenters.